The smallest absolute Gasteiger partial charge is 0.274 e. The lowest BCUT2D eigenvalue weighted by molar-refractivity contribution is 0.102. The van der Waals surface area contributed by atoms with E-state index in [2.05, 4.69) is 48.8 Å². The number of benzene rings is 1. The molecule has 0 bridgehead atoms. The van der Waals surface area contributed by atoms with Crippen molar-refractivity contribution in [3.8, 4) is 6.07 Å². The van der Waals surface area contributed by atoms with Crippen LogP contribution in [0.15, 0.2) is 41.0 Å². The Hall–Kier alpha value is -1.46. The van der Waals surface area contributed by atoms with E-state index >= 15 is 0 Å². The van der Waals surface area contributed by atoms with Crippen LogP contribution in [0.2, 0.25) is 0 Å². The molecule has 0 unspecified atom stereocenters. The van der Waals surface area contributed by atoms with E-state index in [-0.39, 0.29) is 11.6 Å². The van der Waals surface area contributed by atoms with Crippen LogP contribution in [0.5, 0.6) is 0 Å². The second kappa shape index (κ2) is 6.12. The Morgan fingerprint density at radius 3 is 2.74 bits per heavy atom. The van der Waals surface area contributed by atoms with Crippen molar-refractivity contribution in [3.63, 3.8) is 0 Å². The number of rotatable bonds is 2. The van der Waals surface area contributed by atoms with E-state index in [4.69, 9.17) is 5.26 Å². The zero-order chi connectivity index (χ0) is 13.8. The van der Waals surface area contributed by atoms with Crippen molar-refractivity contribution in [2.45, 2.75) is 0 Å². The average molecular weight is 428 g/mol. The van der Waals surface area contributed by atoms with Crippen LogP contribution in [0.3, 0.4) is 0 Å². The Kier molecular flexibility index (Phi) is 4.50. The number of carbonyl (C=O) groups is 1. The van der Waals surface area contributed by atoms with Crippen LogP contribution in [0.1, 0.15) is 16.1 Å². The van der Waals surface area contributed by atoms with Crippen molar-refractivity contribution in [2.75, 3.05) is 5.32 Å². The summed E-state index contributed by atoms with van der Waals surface area (Å²) in [5.74, 6) is -0.308. The van der Waals surface area contributed by atoms with E-state index in [9.17, 15) is 4.79 Å². The third-order valence-electron chi connectivity index (χ3n) is 2.30. The molecule has 0 atom stereocenters. The highest BCUT2D eigenvalue weighted by Crippen LogP contribution is 2.23. The molecule has 0 saturated heterocycles. The molecule has 2 rings (SSSR count). The Morgan fingerprint density at radius 1 is 1.37 bits per heavy atom. The maximum absolute atomic E-state index is 11.9. The van der Waals surface area contributed by atoms with Crippen LogP contribution in [-0.2, 0) is 0 Å². The molecule has 1 heterocycles. The van der Waals surface area contributed by atoms with Gasteiger partial charge in [0.2, 0.25) is 0 Å². The van der Waals surface area contributed by atoms with Crippen molar-refractivity contribution < 1.29 is 4.79 Å². The Labute approximate surface area is 132 Å². The number of halogens is 2. The molecular formula is C13H7BrIN3O. The maximum atomic E-state index is 11.9. The fraction of sp³-hybridized carbons (Fsp3) is 0. The van der Waals surface area contributed by atoms with Gasteiger partial charge in [0, 0.05) is 19.9 Å². The molecule has 0 aliphatic rings. The standard InChI is InChI=1S/C13H7BrIN3O/c14-10-5-9(2-3-11(10)15)18-13(19)12-4-1-8(6-16)7-17-12/h1-5,7H,(H,18,19). The first-order valence-corrected chi connectivity index (χ1v) is 7.10. The molecule has 0 radical (unpaired) electrons. The molecular weight excluding hydrogens is 421 g/mol. The summed E-state index contributed by atoms with van der Waals surface area (Å²) in [6.07, 6.45) is 1.37. The molecule has 19 heavy (non-hydrogen) atoms. The minimum atomic E-state index is -0.308. The number of nitrogens with one attached hydrogen (secondary N) is 1. The normalized spacial score (nSPS) is 9.74. The van der Waals surface area contributed by atoms with Crippen molar-refractivity contribution in [3.05, 3.63) is 55.8 Å². The second-order valence-electron chi connectivity index (χ2n) is 3.63. The summed E-state index contributed by atoms with van der Waals surface area (Å²) in [6, 6.07) is 10.6. The molecule has 0 aliphatic carbocycles. The first-order valence-electron chi connectivity index (χ1n) is 5.22. The van der Waals surface area contributed by atoms with Crippen LogP contribution >= 0.6 is 38.5 Å². The summed E-state index contributed by atoms with van der Waals surface area (Å²) in [6.45, 7) is 0. The van der Waals surface area contributed by atoms with Crippen molar-refractivity contribution in [2.24, 2.45) is 0 Å². The van der Waals surface area contributed by atoms with Crippen molar-refractivity contribution in [1.82, 2.24) is 4.98 Å². The summed E-state index contributed by atoms with van der Waals surface area (Å²) in [4.78, 5) is 15.9. The van der Waals surface area contributed by atoms with Gasteiger partial charge >= 0.3 is 0 Å². The number of amides is 1. The van der Waals surface area contributed by atoms with Gasteiger partial charge in [0.15, 0.2) is 0 Å². The monoisotopic (exact) mass is 427 g/mol. The summed E-state index contributed by atoms with van der Waals surface area (Å²) in [5.41, 5.74) is 1.38. The van der Waals surface area contributed by atoms with E-state index in [1.54, 1.807) is 6.07 Å². The lowest BCUT2D eigenvalue weighted by Crippen LogP contribution is -2.13. The molecule has 2 aromatic rings. The summed E-state index contributed by atoms with van der Waals surface area (Å²) >= 11 is 5.59. The van der Waals surface area contributed by atoms with Gasteiger partial charge in [-0.15, -0.1) is 0 Å². The third kappa shape index (κ3) is 3.52. The highest BCUT2D eigenvalue weighted by atomic mass is 127. The van der Waals surface area contributed by atoms with Crippen LogP contribution in [0, 0.1) is 14.9 Å². The molecule has 1 aromatic heterocycles. The lowest BCUT2D eigenvalue weighted by Gasteiger charge is -2.06. The first-order chi connectivity index (χ1) is 9.10. The molecule has 6 heteroatoms. The van der Waals surface area contributed by atoms with Crippen molar-refractivity contribution in [1.29, 1.82) is 5.26 Å². The number of anilines is 1. The minimum absolute atomic E-state index is 0.272. The SMILES string of the molecule is N#Cc1ccc(C(=O)Nc2ccc(I)c(Br)c2)nc1. The predicted octanol–water partition coefficient (Wildman–Crippen LogP) is 3.57. The topological polar surface area (TPSA) is 65.8 Å². The number of nitrogens with zero attached hydrogens (tertiary/aromatic N) is 2. The second-order valence-corrected chi connectivity index (χ2v) is 5.64. The van der Waals surface area contributed by atoms with Gasteiger partial charge in [-0.05, 0) is 68.9 Å². The largest absolute Gasteiger partial charge is 0.321 e. The quantitative estimate of drug-likeness (QED) is 0.745. The lowest BCUT2D eigenvalue weighted by atomic mass is 10.2. The molecule has 1 aromatic carbocycles. The van der Waals surface area contributed by atoms with Gasteiger partial charge in [-0.2, -0.15) is 5.26 Å². The average Bonchev–Trinajstić information content (AvgIpc) is 2.43. The number of hydrogen-bond donors (Lipinski definition) is 1. The molecule has 0 aliphatic heterocycles. The van der Waals surface area contributed by atoms with Gasteiger partial charge in [0.1, 0.15) is 11.8 Å². The molecule has 94 valence electrons. The number of pyridine rings is 1. The molecule has 0 fully saturated rings. The number of hydrogen-bond acceptors (Lipinski definition) is 3. The highest BCUT2D eigenvalue weighted by molar-refractivity contribution is 14.1. The molecule has 0 spiro atoms. The van der Waals surface area contributed by atoms with Crippen LogP contribution in [-0.4, -0.2) is 10.9 Å². The number of aromatic nitrogens is 1. The van der Waals surface area contributed by atoms with Crippen LogP contribution in [0.25, 0.3) is 0 Å². The summed E-state index contributed by atoms with van der Waals surface area (Å²) in [7, 11) is 0. The van der Waals surface area contributed by atoms with Gasteiger partial charge in [-0.1, -0.05) is 0 Å². The summed E-state index contributed by atoms with van der Waals surface area (Å²) in [5, 5.41) is 11.4. The Morgan fingerprint density at radius 2 is 2.16 bits per heavy atom. The summed E-state index contributed by atoms with van der Waals surface area (Å²) < 4.78 is 1.98. The predicted molar refractivity (Wildman–Crippen MR) is 83.8 cm³/mol. The Bertz CT molecular complexity index is 665. The fourth-order valence-corrected chi connectivity index (χ4v) is 2.08. The maximum Gasteiger partial charge on any atom is 0.274 e. The first kappa shape index (κ1) is 14.0. The molecule has 1 amide bonds. The van der Waals surface area contributed by atoms with E-state index in [0.717, 1.165) is 8.04 Å². The Balaban J connectivity index is 2.16. The van der Waals surface area contributed by atoms with Crippen LogP contribution in [0.4, 0.5) is 5.69 Å². The van der Waals surface area contributed by atoms with Gasteiger partial charge in [-0.25, -0.2) is 4.98 Å². The number of carbonyl (C=O) groups excluding carboxylic acids is 1. The zero-order valence-electron chi connectivity index (χ0n) is 9.52. The van der Waals surface area contributed by atoms with E-state index < -0.39 is 0 Å². The fourth-order valence-electron chi connectivity index (χ4n) is 1.36. The molecule has 1 N–H and O–H groups in total. The van der Waals surface area contributed by atoms with Gasteiger partial charge < -0.3 is 5.32 Å². The van der Waals surface area contributed by atoms with Gasteiger partial charge in [0.25, 0.3) is 5.91 Å². The van der Waals surface area contributed by atoms with Gasteiger partial charge in [-0.3, -0.25) is 4.79 Å². The molecule has 0 saturated carbocycles. The highest BCUT2D eigenvalue weighted by Gasteiger charge is 2.08. The van der Waals surface area contributed by atoms with Crippen molar-refractivity contribution >= 4 is 50.1 Å². The minimum Gasteiger partial charge on any atom is -0.321 e. The molecule has 4 nitrogen and oxygen atoms in total. The van der Waals surface area contributed by atoms with E-state index in [0.29, 0.717) is 11.3 Å². The third-order valence-corrected chi connectivity index (χ3v) is 4.64. The van der Waals surface area contributed by atoms with E-state index in [1.807, 2.05) is 24.3 Å². The number of nitriles is 1. The zero-order valence-corrected chi connectivity index (χ0v) is 13.3. The van der Waals surface area contributed by atoms with Crippen LogP contribution < -0.4 is 5.32 Å². The van der Waals surface area contributed by atoms with Gasteiger partial charge in [0.05, 0.1) is 5.56 Å². The van der Waals surface area contributed by atoms with E-state index in [1.165, 1.54) is 12.3 Å².